The average molecular weight is 509 g/mol. The summed E-state index contributed by atoms with van der Waals surface area (Å²) in [6.45, 7) is 12.6. The predicted molar refractivity (Wildman–Crippen MR) is 160 cm³/mol. The Labute approximate surface area is 225 Å². The molecular formula is C32H52N4O. The second kappa shape index (κ2) is 12.9. The van der Waals surface area contributed by atoms with Crippen LogP contribution in [-0.4, -0.2) is 0 Å². The highest BCUT2D eigenvalue weighted by Gasteiger charge is 2.44. The summed E-state index contributed by atoms with van der Waals surface area (Å²) < 4.78 is 6.06. The number of hydrogen-bond donors (Lipinski definition) is 4. The van der Waals surface area contributed by atoms with E-state index in [-0.39, 0.29) is 0 Å². The van der Waals surface area contributed by atoms with Crippen molar-refractivity contribution in [3.8, 4) is 5.75 Å². The monoisotopic (exact) mass is 508 g/mol. The van der Waals surface area contributed by atoms with Crippen LogP contribution in [0.3, 0.4) is 0 Å². The van der Waals surface area contributed by atoms with Crippen LogP contribution in [0.15, 0.2) is 30.3 Å². The molecule has 2 aromatic rings. The van der Waals surface area contributed by atoms with Crippen molar-refractivity contribution in [1.82, 2.24) is 0 Å². The Hall–Kier alpha value is -2.40. The summed E-state index contributed by atoms with van der Waals surface area (Å²) in [5.74, 6) is 2.92. The normalized spacial score (nSPS) is 28.2. The molecule has 7 N–H and O–H groups in total. The Morgan fingerprint density at radius 1 is 0.865 bits per heavy atom. The van der Waals surface area contributed by atoms with Crippen LogP contribution in [0.4, 0.5) is 17.1 Å². The van der Waals surface area contributed by atoms with E-state index in [1.807, 2.05) is 32.9 Å². The van der Waals surface area contributed by atoms with Crippen LogP contribution < -0.4 is 27.3 Å². The number of benzene rings is 2. The molecule has 2 aromatic carbocycles. The van der Waals surface area contributed by atoms with Gasteiger partial charge in [0.1, 0.15) is 5.75 Å². The fraction of sp³-hybridized carbons (Fsp3) is 0.625. The van der Waals surface area contributed by atoms with Gasteiger partial charge in [0.05, 0.1) is 11.3 Å². The van der Waals surface area contributed by atoms with E-state index >= 15 is 0 Å². The topological polar surface area (TPSA) is 99.3 Å². The van der Waals surface area contributed by atoms with E-state index in [2.05, 4.69) is 38.2 Å². The van der Waals surface area contributed by atoms with Gasteiger partial charge in [0.25, 0.3) is 5.85 Å². The minimum Gasteiger partial charge on any atom is -0.450 e. The van der Waals surface area contributed by atoms with Gasteiger partial charge in [-0.25, -0.2) is 0 Å². The summed E-state index contributed by atoms with van der Waals surface area (Å²) in [6.07, 6.45) is 12.2. The average Bonchev–Trinajstić information content (AvgIpc) is 2.87. The Morgan fingerprint density at radius 2 is 1.43 bits per heavy atom. The molecule has 37 heavy (non-hydrogen) atoms. The van der Waals surface area contributed by atoms with Crippen LogP contribution in [-0.2, 0) is 5.85 Å². The van der Waals surface area contributed by atoms with Gasteiger partial charge in [-0.15, -0.1) is 0 Å². The van der Waals surface area contributed by atoms with E-state index in [1.54, 1.807) is 6.07 Å². The summed E-state index contributed by atoms with van der Waals surface area (Å²) in [4.78, 5) is 0. The molecule has 0 saturated heterocycles. The third-order valence-electron chi connectivity index (χ3n) is 8.38. The third kappa shape index (κ3) is 6.73. The second-order valence-electron chi connectivity index (χ2n) is 11.4. The van der Waals surface area contributed by atoms with Crippen LogP contribution in [0.2, 0.25) is 0 Å². The number of nitrogens with one attached hydrogen (secondary N) is 1. The van der Waals surface area contributed by atoms with Crippen LogP contribution >= 0.6 is 0 Å². The highest BCUT2D eigenvalue weighted by atomic mass is 16.5. The summed E-state index contributed by atoms with van der Waals surface area (Å²) >= 11 is 0. The standard InChI is InChI=1S/C27H38N4O.C3H8.C2H6/c1-16-3-6-18(7-4-16)19-8-10-20(11-9-19)21-13-24(29)26-25(14-21)31-27(26,30)32-22-12-5-17(2)23(28)15-22;1-3-2;1-2/h5,12-16,18-20,31H,3-4,6-11,28-30H2,1-2H3;3H2,1-2H3;1-2H3. The fourth-order valence-corrected chi connectivity index (χ4v) is 6.26. The van der Waals surface area contributed by atoms with Crippen molar-refractivity contribution in [2.75, 3.05) is 16.8 Å². The molecule has 2 saturated carbocycles. The summed E-state index contributed by atoms with van der Waals surface area (Å²) in [5.41, 5.74) is 24.6. The number of anilines is 3. The molecule has 1 atom stereocenters. The van der Waals surface area contributed by atoms with Crippen LogP contribution in [0.1, 0.15) is 115 Å². The Bertz CT molecular complexity index is 989. The zero-order chi connectivity index (χ0) is 27.2. The molecule has 5 heteroatoms. The summed E-state index contributed by atoms with van der Waals surface area (Å²) in [6, 6.07) is 9.98. The lowest BCUT2D eigenvalue weighted by Gasteiger charge is -2.43. The zero-order valence-electron chi connectivity index (χ0n) is 24.2. The summed E-state index contributed by atoms with van der Waals surface area (Å²) in [5, 5.41) is 3.30. The maximum Gasteiger partial charge on any atom is 0.267 e. The number of rotatable bonds is 4. The van der Waals surface area contributed by atoms with Crippen molar-refractivity contribution >= 4 is 17.1 Å². The van der Waals surface area contributed by atoms with E-state index in [0.717, 1.165) is 34.6 Å². The molecule has 0 aromatic heterocycles. The second-order valence-corrected chi connectivity index (χ2v) is 11.4. The first-order chi connectivity index (χ1) is 17.7. The minimum absolute atomic E-state index is 0.591. The lowest BCUT2D eigenvalue weighted by molar-refractivity contribution is 0.0900. The molecular weight excluding hydrogens is 456 g/mol. The molecule has 206 valence electrons. The van der Waals surface area contributed by atoms with Crippen molar-refractivity contribution in [3.05, 3.63) is 47.0 Å². The summed E-state index contributed by atoms with van der Waals surface area (Å²) in [7, 11) is 0. The maximum absolute atomic E-state index is 6.52. The van der Waals surface area contributed by atoms with E-state index in [9.17, 15) is 0 Å². The smallest absolute Gasteiger partial charge is 0.267 e. The lowest BCUT2D eigenvalue weighted by Crippen LogP contribution is -2.57. The third-order valence-corrected chi connectivity index (χ3v) is 8.38. The van der Waals surface area contributed by atoms with E-state index in [1.165, 1.54) is 63.4 Å². The fourth-order valence-electron chi connectivity index (χ4n) is 6.26. The maximum atomic E-state index is 6.52. The van der Waals surface area contributed by atoms with Gasteiger partial charge in [-0.3, -0.25) is 5.73 Å². The van der Waals surface area contributed by atoms with Crippen molar-refractivity contribution in [2.24, 2.45) is 23.5 Å². The molecule has 1 unspecified atom stereocenters. The molecule has 2 fully saturated rings. The zero-order valence-corrected chi connectivity index (χ0v) is 24.2. The molecule has 0 amide bonds. The van der Waals surface area contributed by atoms with Crippen molar-refractivity contribution in [2.45, 2.75) is 111 Å². The van der Waals surface area contributed by atoms with Crippen molar-refractivity contribution in [3.63, 3.8) is 0 Å². The van der Waals surface area contributed by atoms with Gasteiger partial charge in [-0.1, -0.05) is 59.9 Å². The van der Waals surface area contributed by atoms with Crippen molar-refractivity contribution < 1.29 is 4.74 Å². The molecule has 0 bridgehead atoms. The highest BCUT2D eigenvalue weighted by Crippen LogP contribution is 2.48. The first-order valence-corrected chi connectivity index (χ1v) is 14.8. The van der Waals surface area contributed by atoms with Crippen molar-refractivity contribution in [1.29, 1.82) is 0 Å². The number of hydrogen-bond acceptors (Lipinski definition) is 5. The number of fused-ring (bicyclic) bond motifs is 1. The van der Waals surface area contributed by atoms with Gasteiger partial charge < -0.3 is 21.5 Å². The van der Waals surface area contributed by atoms with Crippen LogP contribution in [0, 0.1) is 24.7 Å². The van der Waals surface area contributed by atoms with Gasteiger partial charge in [-0.05, 0) is 98.4 Å². The van der Waals surface area contributed by atoms with E-state index < -0.39 is 5.85 Å². The first kappa shape index (κ1) is 29.2. The predicted octanol–water partition coefficient (Wildman–Crippen LogP) is 8.28. The quantitative estimate of drug-likeness (QED) is 0.246. The molecule has 0 spiro atoms. The molecule has 1 aliphatic heterocycles. The number of nitrogens with two attached hydrogens (primary N) is 3. The number of nitrogen functional groups attached to an aromatic ring is 2. The van der Waals surface area contributed by atoms with Crippen LogP contribution in [0.5, 0.6) is 5.75 Å². The Morgan fingerprint density at radius 3 is 1.97 bits per heavy atom. The SMILES string of the molecule is CC.CCC.Cc1ccc(OC2(N)Nc3cc(C4CCC(C5CCC(C)CC5)CC4)cc(N)c32)cc1N. The van der Waals surface area contributed by atoms with Gasteiger partial charge in [0, 0.05) is 17.4 Å². The number of aryl methyl sites for hydroxylation is 1. The highest BCUT2D eigenvalue weighted by molar-refractivity contribution is 5.76. The Kier molecular flexibility index (Phi) is 10.2. The van der Waals surface area contributed by atoms with Gasteiger partial charge in [0.2, 0.25) is 0 Å². The Balaban J connectivity index is 0.000000711. The largest absolute Gasteiger partial charge is 0.450 e. The van der Waals surface area contributed by atoms with Crippen LogP contribution in [0.25, 0.3) is 0 Å². The van der Waals surface area contributed by atoms with Gasteiger partial charge >= 0.3 is 0 Å². The van der Waals surface area contributed by atoms with Gasteiger partial charge in [0.15, 0.2) is 0 Å². The molecule has 2 aliphatic carbocycles. The molecule has 0 radical (unpaired) electrons. The van der Waals surface area contributed by atoms with E-state index in [0.29, 0.717) is 23.0 Å². The lowest BCUT2D eigenvalue weighted by atomic mass is 9.68. The minimum atomic E-state index is -1.12. The van der Waals surface area contributed by atoms with E-state index in [4.69, 9.17) is 21.9 Å². The molecule has 5 nitrogen and oxygen atoms in total. The molecule has 3 aliphatic rings. The first-order valence-electron chi connectivity index (χ1n) is 14.8. The molecule has 1 heterocycles. The van der Waals surface area contributed by atoms with Gasteiger partial charge in [-0.2, -0.15) is 0 Å². The molecule has 5 rings (SSSR count). The number of ether oxygens (including phenoxy) is 1.